The van der Waals surface area contributed by atoms with E-state index in [0.29, 0.717) is 29.1 Å². The van der Waals surface area contributed by atoms with Crippen LogP contribution < -0.4 is 16.2 Å². The van der Waals surface area contributed by atoms with Crippen molar-refractivity contribution in [1.29, 1.82) is 0 Å². The van der Waals surface area contributed by atoms with Gasteiger partial charge in [-0.15, -0.1) is 0 Å². The predicted octanol–water partition coefficient (Wildman–Crippen LogP) is -0.438. The number of aromatic nitrogens is 4. The lowest BCUT2D eigenvalue weighted by molar-refractivity contribution is 0.584. The molecule has 1 atom stereocenters. The number of fused-ring (bicyclic) bond motifs is 1. The van der Waals surface area contributed by atoms with E-state index < -0.39 is 15.2 Å². The fraction of sp³-hybridized carbons (Fsp3) is 0.500. The number of hydrogen-bond acceptors (Lipinski definition) is 9. The smallest absolute Gasteiger partial charge is 0.241 e. The van der Waals surface area contributed by atoms with Crippen LogP contribution in [0.2, 0.25) is 0 Å². The van der Waals surface area contributed by atoms with Crippen molar-refractivity contribution in [2.75, 3.05) is 34.6 Å². The number of sulfone groups is 1. The van der Waals surface area contributed by atoms with Crippen molar-refractivity contribution in [1.82, 2.24) is 20.2 Å². The van der Waals surface area contributed by atoms with E-state index in [0.717, 1.165) is 5.75 Å². The number of nitrogens with zero attached hydrogens (tertiary/aromatic N) is 4. The predicted molar refractivity (Wildman–Crippen MR) is 82.8 cm³/mol. The zero-order valence-electron chi connectivity index (χ0n) is 11.3. The molecule has 1 aliphatic heterocycles. The molecule has 114 valence electrons. The Balaban J connectivity index is 2.15. The highest BCUT2D eigenvalue weighted by Gasteiger charge is 2.33. The molecule has 1 fully saturated rings. The molecule has 4 N–H and O–H groups in total. The number of nitrogens with one attached hydrogen (secondary N) is 2. The minimum atomic E-state index is -3.23. The molecule has 1 aliphatic rings. The number of H-pyrrole nitrogens is 1. The van der Waals surface area contributed by atoms with Gasteiger partial charge in [0.2, 0.25) is 5.95 Å². The van der Waals surface area contributed by atoms with Gasteiger partial charge in [-0.2, -0.15) is 26.8 Å². The molecular formula is C10H15N7O2S2. The van der Waals surface area contributed by atoms with Crippen LogP contribution in [0.25, 0.3) is 11.0 Å². The average Bonchev–Trinajstić information content (AvgIpc) is 2.93. The SMILES string of the molecule is CS(=O)(=O)C1CSCCN1c1nc(NN)nc2[nH]ncc12. The Labute approximate surface area is 125 Å². The maximum Gasteiger partial charge on any atom is 0.241 e. The Bertz CT molecular complexity index is 760. The van der Waals surface area contributed by atoms with E-state index in [2.05, 4.69) is 25.6 Å². The fourth-order valence-corrected chi connectivity index (χ4v) is 5.10. The van der Waals surface area contributed by atoms with Crippen LogP contribution in [0.1, 0.15) is 0 Å². The maximum absolute atomic E-state index is 12.0. The van der Waals surface area contributed by atoms with Crippen molar-refractivity contribution in [2.45, 2.75) is 5.37 Å². The molecule has 21 heavy (non-hydrogen) atoms. The fourth-order valence-electron chi connectivity index (χ4n) is 2.28. The minimum absolute atomic E-state index is 0.215. The summed E-state index contributed by atoms with van der Waals surface area (Å²) < 4.78 is 24.1. The molecule has 0 aromatic carbocycles. The van der Waals surface area contributed by atoms with Gasteiger partial charge in [-0.1, -0.05) is 0 Å². The summed E-state index contributed by atoms with van der Waals surface area (Å²) in [4.78, 5) is 10.3. The van der Waals surface area contributed by atoms with Crippen molar-refractivity contribution in [3.05, 3.63) is 6.20 Å². The Morgan fingerprint density at radius 3 is 3.05 bits per heavy atom. The van der Waals surface area contributed by atoms with Gasteiger partial charge in [0.15, 0.2) is 15.5 Å². The van der Waals surface area contributed by atoms with Crippen molar-refractivity contribution >= 4 is 44.4 Å². The lowest BCUT2D eigenvalue weighted by atomic mass is 10.3. The second kappa shape index (κ2) is 5.31. The van der Waals surface area contributed by atoms with E-state index in [1.165, 1.54) is 6.26 Å². The number of aromatic amines is 1. The number of nitrogen functional groups attached to an aromatic ring is 1. The summed E-state index contributed by atoms with van der Waals surface area (Å²) in [6.07, 6.45) is 2.83. The highest BCUT2D eigenvalue weighted by Crippen LogP contribution is 2.30. The minimum Gasteiger partial charge on any atom is -0.337 e. The van der Waals surface area contributed by atoms with E-state index in [1.807, 2.05) is 0 Å². The van der Waals surface area contributed by atoms with Gasteiger partial charge in [-0.3, -0.25) is 10.5 Å². The highest BCUT2D eigenvalue weighted by atomic mass is 32.2. The van der Waals surface area contributed by atoms with Gasteiger partial charge >= 0.3 is 0 Å². The number of rotatable bonds is 3. The molecule has 0 saturated carbocycles. The zero-order chi connectivity index (χ0) is 15.0. The van der Waals surface area contributed by atoms with Crippen LogP contribution in [-0.4, -0.2) is 58.3 Å². The van der Waals surface area contributed by atoms with Crippen molar-refractivity contribution in [3.8, 4) is 0 Å². The van der Waals surface area contributed by atoms with E-state index in [1.54, 1.807) is 22.9 Å². The van der Waals surface area contributed by atoms with Crippen LogP contribution in [0.5, 0.6) is 0 Å². The largest absolute Gasteiger partial charge is 0.337 e. The van der Waals surface area contributed by atoms with Crippen LogP contribution in [0.4, 0.5) is 11.8 Å². The standard InChI is InChI=1S/C10H15N7O2S2/c1-21(18,19)7-5-20-3-2-17(7)9-6-4-12-16-8(6)13-10(14-9)15-11/h4,7H,2-3,5,11H2,1H3,(H2,12,13,14,15,16). The van der Waals surface area contributed by atoms with Gasteiger partial charge < -0.3 is 4.90 Å². The van der Waals surface area contributed by atoms with Crippen LogP contribution >= 0.6 is 11.8 Å². The second-order valence-electron chi connectivity index (χ2n) is 4.70. The molecule has 0 aliphatic carbocycles. The van der Waals surface area contributed by atoms with E-state index in [9.17, 15) is 8.42 Å². The Kier molecular flexibility index (Phi) is 3.63. The second-order valence-corrected chi connectivity index (χ2v) is 8.05. The van der Waals surface area contributed by atoms with Crippen molar-refractivity contribution in [2.24, 2.45) is 5.84 Å². The molecule has 3 heterocycles. The molecule has 11 heteroatoms. The third-order valence-electron chi connectivity index (χ3n) is 3.27. The van der Waals surface area contributed by atoms with Gasteiger partial charge in [0.1, 0.15) is 11.2 Å². The normalized spacial score (nSPS) is 19.9. The molecule has 0 spiro atoms. The lowest BCUT2D eigenvalue weighted by Crippen LogP contribution is -2.47. The maximum atomic E-state index is 12.0. The molecule has 3 rings (SSSR count). The van der Waals surface area contributed by atoms with Gasteiger partial charge in [0.05, 0.1) is 11.6 Å². The van der Waals surface area contributed by atoms with Crippen LogP contribution in [0, 0.1) is 0 Å². The number of nitrogens with two attached hydrogens (primary N) is 1. The lowest BCUT2D eigenvalue weighted by Gasteiger charge is -2.35. The summed E-state index contributed by atoms with van der Waals surface area (Å²) in [6.45, 7) is 0.587. The molecule has 0 amide bonds. The Hall–Kier alpha value is -1.59. The molecule has 2 aromatic rings. The molecule has 9 nitrogen and oxygen atoms in total. The van der Waals surface area contributed by atoms with E-state index >= 15 is 0 Å². The van der Waals surface area contributed by atoms with Crippen LogP contribution in [0.15, 0.2) is 6.20 Å². The first-order valence-corrected chi connectivity index (χ1v) is 9.32. The van der Waals surface area contributed by atoms with E-state index in [-0.39, 0.29) is 5.95 Å². The summed E-state index contributed by atoms with van der Waals surface area (Å²) in [7, 11) is -3.23. The summed E-state index contributed by atoms with van der Waals surface area (Å²) in [6, 6.07) is 0. The van der Waals surface area contributed by atoms with Crippen LogP contribution in [-0.2, 0) is 9.84 Å². The first-order valence-electron chi connectivity index (χ1n) is 6.21. The van der Waals surface area contributed by atoms with Crippen molar-refractivity contribution in [3.63, 3.8) is 0 Å². The third-order valence-corrected chi connectivity index (χ3v) is 5.91. The molecular weight excluding hydrogens is 314 g/mol. The summed E-state index contributed by atoms with van der Waals surface area (Å²) in [5.41, 5.74) is 2.90. The average molecular weight is 329 g/mol. The summed E-state index contributed by atoms with van der Waals surface area (Å²) >= 11 is 1.62. The molecule has 0 bridgehead atoms. The first-order chi connectivity index (χ1) is 10.0. The van der Waals surface area contributed by atoms with Gasteiger partial charge in [-0.05, 0) is 0 Å². The van der Waals surface area contributed by atoms with Gasteiger partial charge in [-0.25, -0.2) is 14.3 Å². The summed E-state index contributed by atoms with van der Waals surface area (Å²) in [5.74, 6) is 7.46. The monoisotopic (exact) mass is 329 g/mol. The molecule has 1 saturated heterocycles. The Morgan fingerprint density at radius 2 is 2.33 bits per heavy atom. The molecule has 2 aromatic heterocycles. The number of thioether (sulfide) groups is 1. The molecule has 0 radical (unpaired) electrons. The number of anilines is 2. The summed E-state index contributed by atoms with van der Waals surface area (Å²) in [5, 5.41) is 6.75. The Morgan fingerprint density at radius 1 is 1.52 bits per heavy atom. The van der Waals surface area contributed by atoms with E-state index in [4.69, 9.17) is 5.84 Å². The number of hydrogen-bond donors (Lipinski definition) is 3. The van der Waals surface area contributed by atoms with Gasteiger partial charge in [0, 0.05) is 24.3 Å². The first kappa shape index (κ1) is 14.4. The highest BCUT2D eigenvalue weighted by molar-refractivity contribution is 8.01. The zero-order valence-corrected chi connectivity index (χ0v) is 12.9. The number of hydrazine groups is 1. The van der Waals surface area contributed by atoms with Crippen LogP contribution in [0.3, 0.4) is 0 Å². The topological polar surface area (TPSA) is 130 Å². The van der Waals surface area contributed by atoms with Crippen molar-refractivity contribution < 1.29 is 8.42 Å². The molecule has 1 unspecified atom stereocenters. The van der Waals surface area contributed by atoms with Gasteiger partial charge in [0.25, 0.3) is 0 Å². The quantitative estimate of drug-likeness (QED) is 0.507. The third kappa shape index (κ3) is 2.63.